The van der Waals surface area contributed by atoms with Crippen LogP contribution in [-0.4, -0.2) is 50.0 Å². The zero-order chi connectivity index (χ0) is 35.4. The van der Waals surface area contributed by atoms with Gasteiger partial charge in [0.2, 0.25) is 0 Å². The molecular weight excluding hydrogens is 668 g/mol. The molecule has 1 fully saturated rings. The number of carbonyl (C=O) groups is 2. The SMILES string of the molecule is COc1ccc(Cl)cc1C(=O)NCCc1ccc(S(=O)(=O)NC(=O)NC2CCCCC2)cc1.Cc1[nH]c(=O)c(C#N)cc1-c1ccncc1. The fourth-order valence-electron chi connectivity index (χ4n) is 5.29. The molecule has 5 rings (SSSR count). The number of halogens is 1. The maximum atomic E-state index is 12.5. The number of carbonyl (C=O) groups excluding carboxylic acids is 2. The highest BCUT2D eigenvalue weighted by Gasteiger charge is 2.21. The Morgan fingerprint density at radius 2 is 1.73 bits per heavy atom. The van der Waals surface area contributed by atoms with Gasteiger partial charge >= 0.3 is 6.03 Å². The molecule has 2 aromatic carbocycles. The maximum absolute atomic E-state index is 12.5. The number of rotatable bonds is 9. The Bertz CT molecular complexity index is 1970. The smallest absolute Gasteiger partial charge is 0.328 e. The first-order chi connectivity index (χ1) is 23.5. The zero-order valence-corrected chi connectivity index (χ0v) is 28.7. The van der Waals surface area contributed by atoms with E-state index in [2.05, 4.69) is 25.3 Å². The van der Waals surface area contributed by atoms with Crippen molar-refractivity contribution in [3.8, 4) is 22.9 Å². The van der Waals surface area contributed by atoms with Gasteiger partial charge in [-0.25, -0.2) is 17.9 Å². The average molecular weight is 705 g/mol. The standard InChI is InChI=1S/C23H28ClN3O5S.C12H9N3O/c1-32-21-12-9-17(24)15-20(21)22(28)25-14-13-16-7-10-19(11-8-16)33(30,31)27-23(29)26-18-5-3-2-4-6-18;1-8-11(9-2-4-14-5-3-9)6-10(7-13)12(16)15-8/h7-12,15,18H,2-6,13-14H2,1H3,(H,25,28)(H2,26,27,29);2-6H,1H3,(H,15,16). The molecule has 0 aliphatic heterocycles. The van der Waals surface area contributed by atoms with Crippen LogP contribution in [0.2, 0.25) is 5.02 Å². The highest BCUT2D eigenvalue weighted by Crippen LogP contribution is 2.23. The van der Waals surface area contributed by atoms with Crippen LogP contribution in [0.3, 0.4) is 0 Å². The molecule has 4 aromatic rings. The molecule has 256 valence electrons. The first kappa shape index (κ1) is 36.6. The number of hydrogen-bond acceptors (Lipinski definition) is 8. The van der Waals surface area contributed by atoms with Crippen LogP contribution in [0.15, 0.2) is 82.7 Å². The minimum Gasteiger partial charge on any atom is -0.496 e. The quantitative estimate of drug-likeness (QED) is 0.182. The van der Waals surface area contributed by atoms with Crippen LogP contribution in [0.1, 0.15) is 59.3 Å². The summed E-state index contributed by atoms with van der Waals surface area (Å²) < 4.78 is 32.2. The zero-order valence-electron chi connectivity index (χ0n) is 27.1. The summed E-state index contributed by atoms with van der Waals surface area (Å²) in [7, 11) is -2.49. The molecule has 4 N–H and O–H groups in total. The number of amides is 3. The Hall–Kier alpha value is -5.19. The minimum atomic E-state index is -3.97. The van der Waals surface area contributed by atoms with Gasteiger partial charge in [-0.15, -0.1) is 0 Å². The Labute approximate surface area is 289 Å². The van der Waals surface area contributed by atoms with Crippen LogP contribution in [-0.2, 0) is 16.4 Å². The third-order valence-electron chi connectivity index (χ3n) is 7.86. The largest absolute Gasteiger partial charge is 0.496 e. The molecule has 3 amide bonds. The van der Waals surface area contributed by atoms with Crippen LogP contribution in [0.5, 0.6) is 5.75 Å². The van der Waals surface area contributed by atoms with E-state index in [0.717, 1.165) is 54.5 Å². The van der Waals surface area contributed by atoms with Crippen molar-refractivity contribution in [3.63, 3.8) is 0 Å². The van der Waals surface area contributed by atoms with Crippen molar-refractivity contribution in [1.29, 1.82) is 5.26 Å². The van der Waals surface area contributed by atoms with Gasteiger partial charge in [0.25, 0.3) is 21.5 Å². The highest BCUT2D eigenvalue weighted by atomic mass is 35.5. The summed E-state index contributed by atoms with van der Waals surface area (Å²) in [4.78, 5) is 42.5. The van der Waals surface area contributed by atoms with Crippen LogP contribution in [0.4, 0.5) is 4.79 Å². The molecule has 0 atom stereocenters. The number of sulfonamides is 1. The van der Waals surface area contributed by atoms with Crippen molar-refractivity contribution in [3.05, 3.63) is 111 Å². The summed E-state index contributed by atoms with van der Waals surface area (Å²) >= 11 is 5.96. The van der Waals surface area contributed by atoms with E-state index in [1.807, 2.05) is 18.2 Å². The van der Waals surface area contributed by atoms with Gasteiger partial charge in [0.1, 0.15) is 17.4 Å². The van der Waals surface area contributed by atoms with Crippen molar-refractivity contribution in [2.75, 3.05) is 13.7 Å². The third-order valence-corrected chi connectivity index (χ3v) is 9.44. The van der Waals surface area contributed by atoms with Gasteiger partial charge in [-0.1, -0.05) is 43.0 Å². The molecule has 1 aliphatic carbocycles. The van der Waals surface area contributed by atoms with Gasteiger partial charge < -0.3 is 20.4 Å². The van der Waals surface area contributed by atoms with E-state index in [-0.39, 0.29) is 28.0 Å². The van der Waals surface area contributed by atoms with Crippen LogP contribution in [0, 0.1) is 18.3 Å². The second kappa shape index (κ2) is 17.3. The number of nitrogens with zero attached hydrogens (tertiary/aromatic N) is 2. The monoisotopic (exact) mass is 704 g/mol. The van der Waals surface area contributed by atoms with Gasteiger partial charge in [-0.3, -0.25) is 14.6 Å². The molecule has 1 aliphatic rings. The van der Waals surface area contributed by atoms with Gasteiger partial charge in [-0.2, -0.15) is 5.26 Å². The lowest BCUT2D eigenvalue weighted by molar-refractivity contribution is 0.0951. The Morgan fingerprint density at radius 3 is 2.39 bits per heavy atom. The lowest BCUT2D eigenvalue weighted by Crippen LogP contribution is -2.45. The number of nitrogens with one attached hydrogen (secondary N) is 4. The van der Waals surface area contributed by atoms with Gasteiger partial charge in [0.05, 0.1) is 17.6 Å². The summed E-state index contributed by atoms with van der Waals surface area (Å²) in [5.74, 6) is 0.105. The fraction of sp³-hybridized carbons (Fsp3) is 0.286. The number of H-pyrrole nitrogens is 1. The molecule has 0 unspecified atom stereocenters. The number of aryl methyl sites for hydroxylation is 1. The van der Waals surface area contributed by atoms with Crippen molar-refractivity contribution in [2.45, 2.75) is 56.4 Å². The second-order valence-corrected chi connectivity index (χ2v) is 13.4. The molecule has 2 heterocycles. The van der Waals surface area contributed by atoms with E-state index in [0.29, 0.717) is 29.3 Å². The summed E-state index contributed by atoms with van der Waals surface area (Å²) in [5.41, 5.74) is 3.47. The van der Waals surface area contributed by atoms with E-state index in [9.17, 15) is 22.8 Å². The molecule has 0 bridgehead atoms. The van der Waals surface area contributed by atoms with Crippen LogP contribution >= 0.6 is 11.6 Å². The second-order valence-electron chi connectivity index (χ2n) is 11.3. The molecular formula is C35H37ClN6O6S. The van der Waals surface area contributed by atoms with Crippen LogP contribution < -0.4 is 25.7 Å². The van der Waals surface area contributed by atoms with Gasteiger partial charge in [0.15, 0.2) is 0 Å². The van der Waals surface area contributed by atoms with Crippen molar-refractivity contribution >= 4 is 33.6 Å². The van der Waals surface area contributed by atoms with Crippen molar-refractivity contribution in [1.82, 2.24) is 25.3 Å². The predicted molar refractivity (Wildman–Crippen MR) is 186 cm³/mol. The third kappa shape index (κ3) is 10.4. The molecule has 12 nitrogen and oxygen atoms in total. The number of methoxy groups -OCH3 is 1. The first-order valence-corrected chi connectivity index (χ1v) is 17.4. The van der Waals surface area contributed by atoms with E-state index in [1.165, 1.54) is 25.3 Å². The van der Waals surface area contributed by atoms with E-state index in [1.54, 1.807) is 49.6 Å². The topological polar surface area (TPSA) is 183 Å². The molecule has 14 heteroatoms. The normalized spacial score (nSPS) is 12.9. The van der Waals surface area contributed by atoms with Gasteiger partial charge in [-0.05, 0) is 85.8 Å². The number of benzene rings is 2. The molecule has 49 heavy (non-hydrogen) atoms. The molecule has 2 aromatic heterocycles. The number of aromatic nitrogens is 2. The predicted octanol–water partition coefficient (Wildman–Crippen LogP) is 5.26. The Kier molecular flexibility index (Phi) is 12.9. The van der Waals surface area contributed by atoms with E-state index in [4.69, 9.17) is 21.6 Å². The number of pyridine rings is 2. The summed E-state index contributed by atoms with van der Waals surface area (Å²) in [6.45, 7) is 2.14. The Morgan fingerprint density at radius 1 is 1.04 bits per heavy atom. The number of aromatic amines is 1. The fourth-order valence-corrected chi connectivity index (χ4v) is 6.38. The summed E-state index contributed by atoms with van der Waals surface area (Å²) in [5, 5.41) is 14.8. The Balaban J connectivity index is 0.000000281. The number of ether oxygens (including phenoxy) is 1. The van der Waals surface area contributed by atoms with Crippen LogP contribution in [0.25, 0.3) is 11.1 Å². The first-order valence-electron chi connectivity index (χ1n) is 15.6. The van der Waals surface area contributed by atoms with E-state index >= 15 is 0 Å². The van der Waals surface area contributed by atoms with Gasteiger partial charge in [0, 0.05) is 41.3 Å². The lowest BCUT2D eigenvalue weighted by Gasteiger charge is -2.22. The number of hydrogen-bond donors (Lipinski definition) is 4. The highest BCUT2D eigenvalue weighted by molar-refractivity contribution is 7.90. The van der Waals surface area contributed by atoms with Crippen molar-refractivity contribution in [2.24, 2.45) is 0 Å². The molecule has 0 saturated heterocycles. The molecule has 0 spiro atoms. The average Bonchev–Trinajstić information content (AvgIpc) is 3.09. The van der Waals surface area contributed by atoms with Crippen molar-refractivity contribution < 1.29 is 22.7 Å². The lowest BCUT2D eigenvalue weighted by atomic mass is 9.96. The number of urea groups is 1. The van der Waals surface area contributed by atoms with E-state index < -0.39 is 16.1 Å². The maximum Gasteiger partial charge on any atom is 0.328 e. The number of nitriles is 1. The summed E-state index contributed by atoms with van der Waals surface area (Å²) in [6, 6.07) is 17.4. The minimum absolute atomic E-state index is 0.00209. The molecule has 0 radical (unpaired) electrons. The molecule has 1 saturated carbocycles. The summed E-state index contributed by atoms with van der Waals surface area (Å²) in [6.07, 6.45) is 8.77.